The molecule has 0 atom stereocenters. The van der Waals surface area contributed by atoms with Crippen molar-refractivity contribution in [3.05, 3.63) is 95.9 Å². The van der Waals surface area contributed by atoms with Crippen LogP contribution >= 0.6 is 0 Å². The SMILES string of the molecule is CC(C)Oc1ccccc1N1C(=O)C(Nc2cccc(F)c2)=C(c2ccccc2)C1=O. The van der Waals surface area contributed by atoms with E-state index in [1.165, 1.54) is 18.2 Å². The van der Waals surface area contributed by atoms with Crippen LogP contribution in [0, 0.1) is 5.82 Å². The van der Waals surface area contributed by atoms with Crippen LogP contribution in [0.25, 0.3) is 5.57 Å². The van der Waals surface area contributed by atoms with Crippen LogP contribution in [0.15, 0.2) is 84.6 Å². The molecule has 0 unspecified atom stereocenters. The largest absolute Gasteiger partial charge is 0.489 e. The van der Waals surface area contributed by atoms with Crippen molar-refractivity contribution in [3.8, 4) is 5.75 Å². The van der Waals surface area contributed by atoms with Gasteiger partial charge >= 0.3 is 0 Å². The molecule has 0 aromatic heterocycles. The third kappa shape index (κ3) is 4.05. The number of benzene rings is 3. The van der Waals surface area contributed by atoms with Crippen molar-refractivity contribution in [2.24, 2.45) is 0 Å². The molecule has 1 aliphatic rings. The number of halogens is 1. The van der Waals surface area contributed by atoms with E-state index in [0.717, 1.165) is 4.90 Å². The summed E-state index contributed by atoms with van der Waals surface area (Å²) in [5.74, 6) is -1.03. The lowest BCUT2D eigenvalue weighted by Gasteiger charge is -2.20. The van der Waals surface area contributed by atoms with Gasteiger partial charge in [-0.3, -0.25) is 9.59 Å². The van der Waals surface area contributed by atoms with Crippen LogP contribution in [0.2, 0.25) is 0 Å². The highest BCUT2D eigenvalue weighted by molar-refractivity contribution is 6.46. The summed E-state index contributed by atoms with van der Waals surface area (Å²) in [5.41, 5.74) is 1.62. The van der Waals surface area contributed by atoms with Gasteiger partial charge in [0.15, 0.2) is 0 Å². The number of carbonyl (C=O) groups excluding carboxylic acids is 2. The Balaban J connectivity index is 1.82. The second-order valence-corrected chi connectivity index (χ2v) is 7.33. The molecule has 1 aliphatic heterocycles. The molecule has 0 saturated carbocycles. The predicted molar refractivity (Wildman–Crippen MR) is 118 cm³/mol. The molecule has 6 heteroatoms. The van der Waals surface area contributed by atoms with Gasteiger partial charge in [0.05, 0.1) is 17.4 Å². The maximum Gasteiger partial charge on any atom is 0.282 e. The van der Waals surface area contributed by atoms with Crippen molar-refractivity contribution >= 4 is 28.8 Å². The highest BCUT2D eigenvalue weighted by Gasteiger charge is 2.41. The van der Waals surface area contributed by atoms with E-state index in [9.17, 15) is 14.0 Å². The first-order valence-corrected chi connectivity index (χ1v) is 9.92. The van der Waals surface area contributed by atoms with E-state index in [1.54, 1.807) is 54.6 Å². The van der Waals surface area contributed by atoms with Crippen LogP contribution in [0.3, 0.4) is 0 Å². The number of ether oxygens (including phenoxy) is 1. The van der Waals surface area contributed by atoms with E-state index < -0.39 is 17.6 Å². The molecule has 0 aliphatic carbocycles. The van der Waals surface area contributed by atoms with Crippen molar-refractivity contribution in [3.63, 3.8) is 0 Å². The van der Waals surface area contributed by atoms with Gasteiger partial charge in [-0.15, -0.1) is 0 Å². The average molecular weight is 416 g/mol. The Kier molecular flexibility index (Phi) is 5.54. The van der Waals surface area contributed by atoms with Gasteiger partial charge in [0.1, 0.15) is 17.3 Å². The summed E-state index contributed by atoms with van der Waals surface area (Å²) >= 11 is 0. The van der Waals surface area contributed by atoms with E-state index in [1.807, 2.05) is 19.9 Å². The topological polar surface area (TPSA) is 58.6 Å². The third-order valence-corrected chi connectivity index (χ3v) is 4.71. The van der Waals surface area contributed by atoms with Gasteiger partial charge in [-0.05, 0) is 49.7 Å². The fourth-order valence-electron chi connectivity index (χ4n) is 3.44. The minimum absolute atomic E-state index is 0.0844. The van der Waals surface area contributed by atoms with Gasteiger partial charge in [-0.2, -0.15) is 0 Å². The minimum atomic E-state index is -0.534. The Hall–Kier alpha value is -3.93. The number of rotatable bonds is 6. The molecule has 2 amide bonds. The minimum Gasteiger partial charge on any atom is -0.489 e. The lowest BCUT2D eigenvalue weighted by molar-refractivity contribution is -0.120. The molecule has 1 N–H and O–H groups in total. The Labute approximate surface area is 179 Å². The molecule has 0 fully saturated rings. The molecule has 31 heavy (non-hydrogen) atoms. The molecular formula is C25H21FN2O3. The Bertz CT molecular complexity index is 1170. The second-order valence-electron chi connectivity index (χ2n) is 7.33. The van der Waals surface area contributed by atoms with Crippen LogP contribution in [0.1, 0.15) is 19.4 Å². The molecule has 0 saturated heterocycles. The number of nitrogens with zero attached hydrogens (tertiary/aromatic N) is 1. The van der Waals surface area contributed by atoms with Crippen LogP contribution in [-0.2, 0) is 9.59 Å². The molecular weight excluding hydrogens is 395 g/mol. The fourth-order valence-corrected chi connectivity index (χ4v) is 3.44. The first-order chi connectivity index (χ1) is 15.0. The zero-order chi connectivity index (χ0) is 22.0. The summed E-state index contributed by atoms with van der Waals surface area (Å²) in [5, 5.41) is 2.96. The molecule has 5 nitrogen and oxygen atoms in total. The summed E-state index contributed by atoms with van der Waals surface area (Å²) in [6, 6.07) is 21.6. The van der Waals surface area contributed by atoms with E-state index in [-0.39, 0.29) is 17.4 Å². The standard InChI is InChI=1S/C25H21FN2O3/c1-16(2)31-21-14-7-6-13-20(21)28-24(29)22(17-9-4-3-5-10-17)23(25(28)30)27-19-12-8-11-18(26)15-19/h3-16,27H,1-2H3. The average Bonchev–Trinajstić information content (AvgIpc) is 2.98. The van der Waals surface area contributed by atoms with Crippen LogP contribution in [0.5, 0.6) is 5.75 Å². The molecule has 4 rings (SSSR count). The summed E-state index contributed by atoms with van der Waals surface area (Å²) < 4.78 is 19.5. The zero-order valence-corrected chi connectivity index (χ0v) is 17.1. The van der Waals surface area contributed by atoms with Crippen molar-refractivity contribution in [1.29, 1.82) is 0 Å². The number of nitrogens with one attached hydrogen (secondary N) is 1. The number of imide groups is 1. The first-order valence-electron chi connectivity index (χ1n) is 9.92. The molecule has 0 spiro atoms. The molecule has 0 bridgehead atoms. The Morgan fingerprint density at radius 1 is 0.871 bits per heavy atom. The van der Waals surface area contributed by atoms with E-state index in [0.29, 0.717) is 22.7 Å². The van der Waals surface area contributed by atoms with E-state index in [4.69, 9.17) is 4.74 Å². The number of amides is 2. The lowest BCUT2D eigenvalue weighted by atomic mass is 10.0. The normalized spacial score (nSPS) is 13.9. The summed E-state index contributed by atoms with van der Waals surface area (Å²) in [7, 11) is 0. The first kappa shape index (κ1) is 20.3. The van der Waals surface area contributed by atoms with Gasteiger partial charge in [0.25, 0.3) is 11.8 Å². The van der Waals surface area contributed by atoms with Gasteiger partial charge in [-0.1, -0.05) is 48.5 Å². The van der Waals surface area contributed by atoms with Crippen molar-refractivity contribution in [1.82, 2.24) is 0 Å². The second kappa shape index (κ2) is 8.44. The molecule has 3 aromatic carbocycles. The van der Waals surface area contributed by atoms with Crippen molar-refractivity contribution in [2.75, 3.05) is 10.2 Å². The van der Waals surface area contributed by atoms with E-state index >= 15 is 0 Å². The number of hydrogen-bond acceptors (Lipinski definition) is 4. The smallest absolute Gasteiger partial charge is 0.282 e. The fraction of sp³-hybridized carbons (Fsp3) is 0.120. The highest BCUT2D eigenvalue weighted by Crippen LogP contribution is 2.38. The maximum absolute atomic E-state index is 13.7. The Morgan fingerprint density at radius 2 is 1.58 bits per heavy atom. The van der Waals surface area contributed by atoms with Crippen LogP contribution < -0.4 is 15.0 Å². The number of carbonyl (C=O) groups is 2. The van der Waals surface area contributed by atoms with Gasteiger partial charge in [-0.25, -0.2) is 9.29 Å². The quantitative estimate of drug-likeness (QED) is 0.574. The predicted octanol–water partition coefficient (Wildman–Crippen LogP) is 5.01. The third-order valence-electron chi connectivity index (χ3n) is 4.71. The van der Waals surface area contributed by atoms with Gasteiger partial charge in [0.2, 0.25) is 0 Å². The zero-order valence-electron chi connectivity index (χ0n) is 17.1. The number of para-hydroxylation sites is 2. The summed E-state index contributed by atoms with van der Waals surface area (Å²) in [6.45, 7) is 3.74. The van der Waals surface area contributed by atoms with Gasteiger partial charge < -0.3 is 10.1 Å². The summed E-state index contributed by atoms with van der Waals surface area (Å²) in [4.78, 5) is 28.1. The molecule has 0 radical (unpaired) electrons. The molecule has 1 heterocycles. The van der Waals surface area contributed by atoms with E-state index in [2.05, 4.69) is 5.32 Å². The number of hydrogen-bond donors (Lipinski definition) is 1. The summed E-state index contributed by atoms with van der Waals surface area (Å²) in [6.07, 6.45) is -0.139. The highest BCUT2D eigenvalue weighted by atomic mass is 19.1. The maximum atomic E-state index is 13.7. The molecule has 3 aromatic rings. The monoisotopic (exact) mass is 416 g/mol. The van der Waals surface area contributed by atoms with Gasteiger partial charge in [0, 0.05) is 5.69 Å². The number of anilines is 2. The molecule has 156 valence electrons. The van der Waals surface area contributed by atoms with Crippen LogP contribution in [0.4, 0.5) is 15.8 Å². The lowest BCUT2D eigenvalue weighted by Crippen LogP contribution is -2.33. The van der Waals surface area contributed by atoms with Crippen molar-refractivity contribution < 1.29 is 18.7 Å². The Morgan fingerprint density at radius 3 is 2.29 bits per heavy atom. The van der Waals surface area contributed by atoms with Crippen molar-refractivity contribution in [2.45, 2.75) is 20.0 Å². The van der Waals surface area contributed by atoms with Crippen LogP contribution in [-0.4, -0.2) is 17.9 Å².